The SMILES string of the molecule is N#CCCCC1CCNCC(CN)C1. The third-order valence-corrected chi connectivity index (χ3v) is 3.06. The second kappa shape index (κ2) is 6.80. The van der Waals surface area contributed by atoms with Crippen molar-refractivity contribution in [3.63, 3.8) is 0 Å². The molecule has 1 aliphatic heterocycles. The van der Waals surface area contributed by atoms with Crippen molar-refractivity contribution in [2.24, 2.45) is 17.6 Å². The minimum Gasteiger partial charge on any atom is -0.330 e. The van der Waals surface area contributed by atoms with E-state index in [-0.39, 0.29) is 0 Å². The molecule has 1 heterocycles. The molecule has 0 aromatic rings. The van der Waals surface area contributed by atoms with E-state index >= 15 is 0 Å². The molecule has 1 rings (SSSR count). The maximum absolute atomic E-state index is 8.47. The Labute approximate surface area is 86.7 Å². The summed E-state index contributed by atoms with van der Waals surface area (Å²) in [6.07, 6.45) is 5.46. The van der Waals surface area contributed by atoms with Crippen LogP contribution in [0.15, 0.2) is 0 Å². The highest BCUT2D eigenvalue weighted by Crippen LogP contribution is 2.22. The largest absolute Gasteiger partial charge is 0.330 e. The number of nitrogens with one attached hydrogen (secondary N) is 1. The molecular weight excluding hydrogens is 174 g/mol. The molecule has 1 aliphatic rings. The highest BCUT2D eigenvalue weighted by Gasteiger charge is 2.18. The second-order valence-electron chi connectivity index (χ2n) is 4.25. The molecule has 0 bridgehead atoms. The van der Waals surface area contributed by atoms with Crippen molar-refractivity contribution in [3.05, 3.63) is 0 Å². The van der Waals surface area contributed by atoms with Crippen molar-refractivity contribution < 1.29 is 0 Å². The lowest BCUT2D eigenvalue weighted by Crippen LogP contribution is -2.26. The predicted octanol–water partition coefficient (Wildman–Crippen LogP) is 1.25. The standard InChI is InChI=1S/C11H21N3/c12-5-2-1-3-10-4-6-14-9-11(7-10)8-13/h10-11,14H,1-4,6-9,13H2. The van der Waals surface area contributed by atoms with Gasteiger partial charge in [0.1, 0.15) is 0 Å². The Bertz CT molecular complexity index is 185. The van der Waals surface area contributed by atoms with Crippen molar-refractivity contribution in [2.75, 3.05) is 19.6 Å². The molecule has 0 aliphatic carbocycles. The minimum absolute atomic E-state index is 0.643. The van der Waals surface area contributed by atoms with E-state index in [1.807, 2.05) is 0 Å². The van der Waals surface area contributed by atoms with Gasteiger partial charge in [-0.05, 0) is 57.2 Å². The zero-order valence-corrected chi connectivity index (χ0v) is 8.84. The van der Waals surface area contributed by atoms with Crippen LogP contribution in [0.4, 0.5) is 0 Å². The van der Waals surface area contributed by atoms with E-state index in [9.17, 15) is 0 Å². The number of nitriles is 1. The highest BCUT2D eigenvalue weighted by atomic mass is 14.9. The first kappa shape index (κ1) is 11.5. The van der Waals surface area contributed by atoms with E-state index in [0.29, 0.717) is 12.3 Å². The normalized spacial score (nSPS) is 28.0. The fourth-order valence-electron chi connectivity index (χ4n) is 2.20. The average molecular weight is 195 g/mol. The van der Waals surface area contributed by atoms with Gasteiger partial charge >= 0.3 is 0 Å². The first-order chi connectivity index (χ1) is 6.86. The van der Waals surface area contributed by atoms with E-state index in [1.165, 1.54) is 19.3 Å². The lowest BCUT2D eigenvalue weighted by molar-refractivity contribution is 0.369. The Morgan fingerprint density at radius 2 is 2.29 bits per heavy atom. The molecule has 0 spiro atoms. The molecule has 0 aromatic carbocycles. The molecule has 0 amide bonds. The Morgan fingerprint density at radius 3 is 3.00 bits per heavy atom. The van der Waals surface area contributed by atoms with E-state index in [4.69, 9.17) is 11.0 Å². The van der Waals surface area contributed by atoms with Crippen LogP contribution in [0.5, 0.6) is 0 Å². The summed E-state index contributed by atoms with van der Waals surface area (Å²) in [5, 5.41) is 11.9. The van der Waals surface area contributed by atoms with E-state index in [1.54, 1.807) is 0 Å². The van der Waals surface area contributed by atoms with Crippen molar-refractivity contribution in [2.45, 2.75) is 32.1 Å². The van der Waals surface area contributed by atoms with Gasteiger partial charge in [-0.25, -0.2) is 0 Å². The van der Waals surface area contributed by atoms with Crippen LogP contribution in [-0.2, 0) is 0 Å². The van der Waals surface area contributed by atoms with Crippen LogP contribution in [0.1, 0.15) is 32.1 Å². The molecule has 3 heteroatoms. The van der Waals surface area contributed by atoms with E-state index < -0.39 is 0 Å². The van der Waals surface area contributed by atoms with Gasteiger partial charge in [-0.3, -0.25) is 0 Å². The lowest BCUT2D eigenvalue weighted by Gasteiger charge is -2.17. The number of rotatable bonds is 4. The number of hydrogen-bond acceptors (Lipinski definition) is 3. The first-order valence-corrected chi connectivity index (χ1v) is 5.64. The highest BCUT2D eigenvalue weighted by molar-refractivity contribution is 4.76. The van der Waals surface area contributed by atoms with Gasteiger partial charge in [0.15, 0.2) is 0 Å². The van der Waals surface area contributed by atoms with Crippen LogP contribution in [-0.4, -0.2) is 19.6 Å². The molecule has 80 valence electrons. The predicted molar refractivity (Wildman–Crippen MR) is 57.6 cm³/mol. The quantitative estimate of drug-likeness (QED) is 0.664. The molecule has 3 N–H and O–H groups in total. The van der Waals surface area contributed by atoms with Crippen LogP contribution >= 0.6 is 0 Å². The maximum Gasteiger partial charge on any atom is 0.0621 e. The maximum atomic E-state index is 8.47. The molecule has 14 heavy (non-hydrogen) atoms. The van der Waals surface area contributed by atoms with Crippen molar-refractivity contribution >= 4 is 0 Å². The fraction of sp³-hybridized carbons (Fsp3) is 0.909. The molecule has 2 unspecified atom stereocenters. The monoisotopic (exact) mass is 195 g/mol. The van der Waals surface area contributed by atoms with Crippen LogP contribution < -0.4 is 11.1 Å². The first-order valence-electron chi connectivity index (χ1n) is 5.64. The number of unbranched alkanes of at least 4 members (excludes halogenated alkanes) is 1. The zero-order chi connectivity index (χ0) is 10.2. The summed E-state index contributed by atoms with van der Waals surface area (Å²) in [5.74, 6) is 1.43. The minimum atomic E-state index is 0.643. The van der Waals surface area contributed by atoms with Gasteiger partial charge < -0.3 is 11.1 Å². The van der Waals surface area contributed by atoms with Crippen LogP contribution in [0.3, 0.4) is 0 Å². The Kier molecular flexibility index (Phi) is 5.58. The van der Waals surface area contributed by atoms with Crippen molar-refractivity contribution in [1.29, 1.82) is 5.26 Å². The van der Waals surface area contributed by atoms with Gasteiger partial charge in [0.05, 0.1) is 6.07 Å². The summed E-state index contributed by atoms with van der Waals surface area (Å²) in [5.41, 5.74) is 5.70. The van der Waals surface area contributed by atoms with Crippen LogP contribution in [0.25, 0.3) is 0 Å². The summed E-state index contributed by atoms with van der Waals surface area (Å²) in [6.45, 7) is 2.99. The van der Waals surface area contributed by atoms with Gasteiger partial charge in [-0.1, -0.05) is 0 Å². The number of hydrogen-bond donors (Lipinski definition) is 2. The summed E-state index contributed by atoms with van der Waals surface area (Å²) >= 11 is 0. The van der Waals surface area contributed by atoms with E-state index in [0.717, 1.165) is 32.0 Å². The summed E-state index contributed by atoms with van der Waals surface area (Å²) in [7, 11) is 0. The Hall–Kier alpha value is -0.590. The van der Waals surface area contributed by atoms with Crippen molar-refractivity contribution in [3.8, 4) is 6.07 Å². The Morgan fingerprint density at radius 1 is 1.43 bits per heavy atom. The Balaban J connectivity index is 2.24. The van der Waals surface area contributed by atoms with Crippen molar-refractivity contribution in [1.82, 2.24) is 5.32 Å². The average Bonchev–Trinajstić information content (AvgIpc) is 2.43. The van der Waals surface area contributed by atoms with Gasteiger partial charge in [0.25, 0.3) is 0 Å². The smallest absolute Gasteiger partial charge is 0.0621 e. The molecule has 1 saturated heterocycles. The molecule has 0 radical (unpaired) electrons. The fourth-order valence-corrected chi connectivity index (χ4v) is 2.20. The molecule has 0 saturated carbocycles. The van der Waals surface area contributed by atoms with Crippen LogP contribution in [0, 0.1) is 23.2 Å². The third-order valence-electron chi connectivity index (χ3n) is 3.06. The molecular formula is C11H21N3. The molecule has 0 aromatic heterocycles. The summed E-state index contributed by atoms with van der Waals surface area (Å²) < 4.78 is 0. The van der Waals surface area contributed by atoms with E-state index in [2.05, 4.69) is 11.4 Å². The molecule has 1 fully saturated rings. The third kappa shape index (κ3) is 4.08. The van der Waals surface area contributed by atoms with Crippen LogP contribution in [0.2, 0.25) is 0 Å². The number of nitrogens with two attached hydrogens (primary N) is 1. The second-order valence-corrected chi connectivity index (χ2v) is 4.25. The van der Waals surface area contributed by atoms with Gasteiger partial charge in [-0.2, -0.15) is 5.26 Å². The van der Waals surface area contributed by atoms with Gasteiger partial charge in [0, 0.05) is 6.42 Å². The topological polar surface area (TPSA) is 61.8 Å². The number of nitrogens with zero attached hydrogens (tertiary/aromatic N) is 1. The summed E-state index contributed by atoms with van der Waals surface area (Å²) in [4.78, 5) is 0. The van der Waals surface area contributed by atoms with Gasteiger partial charge in [0.2, 0.25) is 0 Å². The van der Waals surface area contributed by atoms with Gasteiger partial charge in [-0.15, -0.1) is 0 Å². The lowest BCUT2D eigenvalue weighted by atomic mass is 9.89. The molecule has 2 atom stereocenters. The summed E-state index contributed by atoms with van der Waals surface area (Å²) in [6, 6.07) is 2.21. The zero-order valence-electron chi connectivity index (χ0n) is 8.84. The molecule has 3 nitrogen and oxygen atoms in total.